The third kappa shape index (κ3) is 3.89. The average Bonchev–Trinajstić information content (AvgIpc) is 2.62. The van der Waals surface area contributed by atoms with Gasteiger partial charge in [0.1, 0.15) is 6.33 Å². The number of hydrogen-bond acceptors (Lipinski definition) is 8. The number of hydrogen-bond donors (Lipinski definition) is 2. The van der Waals surface area contributed by atoms with E-state index in [2.05, 4.69) is 20.6 Å². The minimum absolute atomic E-state index is 0.00806. The SMILES string of the molecule is CCN(CC)S(=O)(=O)c1ccc(Nc2ncnc(NC)c2[N+](=O)[O-])cc1. The van der Waals surface area contributed by atoms with Crippen LogP contribution in [-0.2, 0) is 10.0 Å². The van der Waals surface area contributed by atoms with Crippen LogP contribution in [0, 0.1) is 10.1 Å². The number of rotatable bonds is 8. The van der Waals surface area contributed by atoms with Gasteiger partial charge in [-0.15, -0.1) is 0 Å². The van der Waals surface area contributed by atoms with Crippen LogP contribution in [0.15, 0.2) is 35.5 Å². The second kappa shape index (κ2) is 8.06. The Morgan fingerprint density at radius 1 is 1.12 bits per heavy atom. The smallest absolute Gasteiger partial charge is 0.353 e. The van der Waals surface area contributed by atoms with E-state index in [-0.39, 0.29) is 22.2 Å². The summed E-state index contributed by atoms with van der Waals surface area (Å²) in [5.74, 6) is 0.0851. The zero-order valence-electron chi connectivity index (χ0n) is 14.6. The van der Waals surface area contributed by atoms with Crippen LogP contribution in [0.4, 0.5) is 23.0 Å². The van der Waals surface area contributed by atoms with Crippen LogP contribution in [0.3, 0.4) is 0 Å². The molecule has 11 heteroatoms. The van der Waals surface area contributed by atoms with Crippen molar-refractivity contribution in [3.05, 3.63) is 40.7 Å². The van der Waals surface area contributed by atoms with Gasteiger partial charge in [0, 0.05) is 25.8 Å². The Balaban J connectivity index is 2.33. The molecule has 0 fully saturated rings. The van der Waals surface area contributed by atoms with E-state index in [1.165, 1.54) is 41.9 Å². The molecule has 0 aliphatic carbocycles. The summed E-state index contributed by atoms with van der Waals surface area (Å²) in [4.78, 5) is 18.6. The van der Waals surface area contributed by atoms with Gasteiger partial charge in [-0.1, -0.05) is 13.8 Å². The average molecular weight is 380 g/mol. The first-order chi connectivity index (χ1) is 12.3. The van der Waals surface area contributed by atoms with Gasteiger partial charge >= 0.3 is 5.69 Å². The van der Waals surface area contributed by atoms with Crippen LogP contribution in [0.25, 0.3) is 0 Å². The molecule has 26 heavy (non-hydrogen) atoms. The van der Waals surface area contributed by atoms with Crippen molar-refractivity contribution < 1.29 is 13.3 Å². The van der Waals surface area contributed by atoms with Gasteiger partial charge in [-0.2, -0.15) is 4.31 Å². The van der Waals surface area contributed by atoms with Crippen LogP contribution >= 0.6 is 0 Å². The van der Waals surface area contributed by atoms with Crippen molar-refractivity contribution in [2.24, 2.45) is 0 Å². The van der Waals surface area contributed by atoms with Gasteiger partial charge in [0.2, 0.25) is 21.7 Å². The van der Waals surface area contributed by atoms with Crippen LogP contribution in [0.5, 0.6) is 0 Å². The highest BCUT2D eigenvalue weighted by Crippen LogP contribution is 2.31. The standard InChI is InChI=1S/C15H20N6O4S/c1-4-20(5-2)26(24,25)12-8-6-11(7-9-12)19-15-13(21(22)23)14(16-3)17-10-18-15/h6-10H,4-5H2,1-3H3,(H2,16,17,18,19). The van der Waals surface area contributed by atoms with Gasteiger partial charge in [0.25, 0.3) is 0 Å². The Morgan fingerprint density at radius 2 is 1.69 bits per heavy atom. The Hall–Kier alpha value is -2.79. The lowest BCUT2D eigenvalue weighted by Gasteiger charge is -2.18. The molecule has 0 radical (unpaired) electrons. The number of nitrogens with one attached hydrogen (secondary N) is 2. The summed E-state index contributed by atoms with van der Waals surface area (Å²) in [5.41, 5.74) is 0.169. The molecule has 0 bridgehead atoms. The monoisotopic (exact) mass is 380 g/mol. The molecule has 0 aliphatic rings. The van der Waals surface area contributed by atoms with Crippen molar-refractivity contribution in [2.75, 3.05) is 30.8 Å². The molecule has 0 spiro atoms. The number of nitrogens with zero attached hydrogens (tertiary/aromatic N) is 4. The van der Waals surface area contributed by atoms with Gasteiger partial charge < -0.3 is 10.6 Å². The lowest BCUT2D eigenvalue weighted by atomic mass is 10.3. The molecular formula is C15H20N6O4S. The van der Waals surface area contributed by atoms with E-state index >= 15 is 0 Å². The van der Waals surface area contributed by atoms with Crippen molar-refractivity contribution in [1.82, 2.24) is 14.3 Å². The lowest BCUT2D eigenvalue weighted by molar-refractivity contribution is -0.383. The largest absolute Gasteiger partial charge is 0.367 e. The summed E-state index contributed by atoms with van der Waals surface area (Å²) < 4.78 is 26.3. The first-order valence-electron chi connectivity index (χ1n) is 7.89. The van der Waals surface area contributed by atoms with Gasteiger partial charge in [-0.25, -0.2) is 18.4 Å². The molecule has 1 aromatic carbocycles. The maximum atomic E-state index is 12.5. The predicted octanol–water partition coefficient (Wildman–Crippen LogP) is 2.20. The normalized spacial score (nSPS) is 11.4. The van der Waals surface area contributed by atoms with Crippen molar-refractivity contribution in [2.45, 2.75) is 18.7 Å². The van der Waals surface area contributed by atoms with E-state index in [1.54, 1.807) is 13.8 Å². The van der Waals surface area contributed by atoms with Crippen molar-refractivity contribution >= 4 is 33.0 Å². The molecule has 0 saturated heterocycles. The molecule has 0 saturated carbocycles. The molecule has 0 amide bonds. The van der Waals surface area contributed by atoms with Gasteiger partial charge in [-0.05, 0) is 24.3 Å². The second-order valence-corrected chi connectivity index (χ2v) is 7.10. The first kappa shape index (κ1) is 19.5. The lowest BCUT2D eigenvalue weighted by Crippen LogP contribution is -2.30. The van der Waals surface area contributed by atoms with E-state index in [9.17, 15) is 18.5 Å². The van der Waals surface area contributed by atoms with Crippen LogP contribution < -0.4 is 10.6 Å². The summed E-state index contributed by atoms with van der Waals surface area (Å²) in [6, 6.07) is 5.95. The fourth-order valence-electron chi connectivity index (χ4n) is 2.39. The molecule has 140 valence electrons. The van der Waals surface area contributed by atoms with E-state index < -0.39 is 14.9 Å². The number of benzene rings is 1. The summed E-state index contributed by atoms with van der Waals surface area (Å²) in [6.45, 7) is 4.28. The second-order valence-electron chi connectivity index (χ2n) is 5.17. The molecule has 0 atom stereocenters. The quantitative estimate of drug-likeness (QED) is 0.526. The number of sulfonamides is 1. The number of aromatic nitrogens is 2. The minimum Gasteiger partial charge on any atom is -0.367 e. The Bertz CT molecular complexity index is 882. The Morgan fingerprint density at radius 3 is 2.19 bits per heavy atom. The third-order valence-corrected chi connectivity index (χ3v) is 5.77. The Labute approximate surface area is 151 Å². The molecule has 2 aromatic rings. The van der Waals surface area contributed by atoms with Crippen LogP contribution in [0.2, 0.25) is 0 Å². The molecule has 10 nitrogen and oxygen atoms in total. The van der Waals surface area contributed by atoms with Gasteiger partial charge in [-0.3, -0.25) is 10.1 Å². The fourth-order valence-corrected chi connectivity index (χ4v) is 3.84. The van der Waals surface area contributed by atoms with Crippen molar-refractivity contribution in [3.8, 4) is 0 Å². The van der Waals surface area contributed by atoms with Crippen molar-refractivity contribution in [3.63, 3.8) is 0 Å². The number of anilines is 3. The summed E-state index contributed by atoms with van der Waals surface area (Å²) in [7, 11) is -2.04. The molecular weight excluding hydrogens is 360 g/mol. The molecule has 1 aromatic heterocycles. The van der Waals surface area contributed by atoms with E-state index in [0.29, 0.717) is 18.8 Å². The zero-order valence-corrected chi connectivity index (χ0v) is 15.4. The molecule has 0 unspecified atom stereocenters. The predicted molar refractivity (Wildman–Crippen MR) is 98.1 cm³/mol. The number of nitro groups is 1. The third-order valence-electron chi connectivity index (χ3n) is 3.70. The van der Waals surface area contributed by atoms with E-state index in [1.807, 2.05) is 0 Å². The van der Waals surface area contributed by atoms with Crippen LogP contribution in [0.1, 0.15) is 13.8 Å². The Kier molecular flexibility index (Phi) is 6.05. The summed E-state index contributed by atoms with van der Waals surface area (Å²) >= 11 is 0. The summed E-state index contributed by atoms with van der Waals surface area (Å²) in [6.07, 6.45) is 1.19. The zero-order chi connectivity index (χ0) is 19.3. The molecule has 1 heterocycles. The molecule has 0 aliphatic heterocycles. The highest BCUT2D eigenvalue weighted by atomic mass is 32.2. The summed E-state index contributed by atoms with van der Waals surface area (Å²) in [5, 5.41) is 16.7. The molecule has 2 rings (SSSR count). The highest BCUT2D eigenvalue weighted by molar-refractivity contribution is 7.89. The van der Waals surface area contributed by atoms with Crippen molar-refractivity contribution in [1.29, 1.82) is 0 Å². The maximum Gasteiger partial charge on any atom is 0.353 e. The minimum atomic E-state index is -3.56. The fraction of sp³-hybridized carbons (Fsp3) is 0.333. The van der Waals surface area contributed by atoms with E-state index in [0.717, 1.165) is 0 Å². The maximum absolute atomic E-state index is 12.5. The van der Waals surface area contributed by atoms with E-state index in [4.69, 9.17) is 0 Å². The van der Waals surface area contributed by atoms with Gasteiger partial charge in [0.05, 0.1) is 9.82 Å². The molecule has 2 N–H and O–H groups in total. The first-order valence-corrected chi connectivity index (χ1v) is 9.33. The van der Waals surface area contributed by atoms with Crippen LogP contribution in [-0.4, -0.2) is 47.8 Å². The van der Waals surface area contributed by atoms with Gasteiger partial charge in [0.15, 0.2) is 0 Å². The highest BCUT2D eigenvalue weighted by Gasteiger charge is 2.23. The topological polar surface area (TPSA) is 130 Å².